The number of hydrogen-bond acceptors (Lipinski definition) is 4. The Hall–Kier alpha value is -2.50. The summed E-state index contributed by atoms with van der Waals surface area (Å²) < 4.78 is 13.0. The molecule has 5 nitrogen and oxygen atoms in total. The van der Waals surface area contributed by atoms with E-state index in [4.69, 9.17) is 9.47 Å². The number of methoxy groups -OCH3 is 2. The fraction of sp³-hybridized carbons (Fsp3) is 0.391. The van der Waals surface area contributed by atoms with Crippen molar-refractivity contribution in [2.75, 3.05) is 27.8 Å². The van der Waals surface area contributed by atoms with Crippen molar-refractivity contribution in [2.24, 2.45) is 0 Å². The molecule has 148 valence electrons. The van der Waals surface area contributed by atoms with Crippen LogP contribution in [0.25, 0.3) is 10.9 Å². The minimum absolute atomic E-state index is 0.522. The number of aryl methyl sites for hydroxylation is 1. The Morgan fingerprint density at radius 2 is 1.86 bits per heavy atom. The summed E-state index contributed by atoms with van der Waals surface area (Å²) in [7, 11) is 5.40. The first-order valence-corrected chi connectivity index (χ1v) is 9.71. The predicted molar refractivity (Wildman–Crippen MR) is 111 cm³/mol. The first kappa shape index (κ1) is 18.8. The van der Waals surface area contributed by atoms with Crippen molar-refractivity contribution < 1.29 is 14.6 Å². The molecule has 2 aromatic carbocycles. The monoisotopic (exact) mass is 380 g/mol. The number of fused-ring (bicyclic) bond motifs is 3. The molecule has 0 bridgehead atoms. The van der Waals surface area contributed by atoms with Gasteiger partial charge in [0.1, 0.15) is 0 Å². The summed E-state index contributed by atoms with van der Waals surface area (Å²) in [5.41, 5.74) is 6.03. The zero-order valence-corrected chi connectivity index (χ0v) is 17.0. The molecular formula is C23H28N2O3. The highest BCUT2D eigenvalue weighted by Gasteiger charge is 2.24. The Labute approximate surface area is 166 Å². The fourth-order valence-corrected chi connectivity index (χ4v) is 4.25. The Kier molecular flexibility index (Phi) is 5.04. The summed E-state index contributed by atoms with van der Waals surface area (Å²) in [4.78, 5) is 2.36. The molecule has 1 aliphatic heterocycles. The predicted octanol–water partition coefficient (Wildman–Crippen LogP) is 3.69. The smallest absolute Gasteiger partial charge is 0.161 e. The number of benzene rings is 2. The summed E-state index contributed by atoms with van der Waals surface area (Å²) >= 11 is 0. The number of nitrogens with zero attached hydrogens (tertiary/aromatic N) is 2. The van der Waals surface area contributed by atoms with Crippen LogP contribution in [0.4, 0.5) is 0 Å². The maximum atomic E-state index is 11.0. The van der Waals surface area contributed by atoms with E-state index in [1.54, 1.807) is 14.2 Å². The molecule has 0 saturated carbocycles. The number of aliphatic hydroxyl groups is 1. The summed E-state index contributed by atoms with van der Waals surface area (Å²) in [5, 5.41) is 12.3. The average molecular weight is 380 g/mol. The van der Waals surface area contributed by atoms with Crippen LogP contribution in [-0.4, -0.2) is 42.4 Å². The number of rotatable bonds is 5. The van der Waals surface area contributed by atoms with Gasteiger partial charge in [0.15, 0.2) is 11.5 Å². The van der Waals surface area contributed by atoms with Gasteiger partial charge in [0.05, 0.1) is 26.9 Å². The number of aromatic nitrogens is 1. The second-order valence-electron chi connectivity index (χ2n) is 7.67. The van der Waals surface area contributed by atoms with E-state index in [1.165, 1.54) is 27.7 Å². The van der Waals surface area contributed by atoms with Crippen LogP contribution in [0.15, 0.2) is 36.4 Å². The Balaban J connectivity index is 1.74. The van der Waals surface area contributed by atoms with E-state index in [2.05, 4.69) is 41.6 Å². The van der Waals surface area contributed by atoms with Crippen LogP contribution in [0.2, 0.25) is 0 Å². The molecule has 0 amide bonds. The molecular weight excluding hydrogens is 352 g/mol. The molecule has 2 heterocycles. The molecule has 28 heavy (non-hydrogen) atoms. The zero-order chi connectivity index (χ0) is 19.8. The third kappa shape index (κ3) is 3.25. The number of ether oxygens (including phenoxy) is 2. The highest BCUT2D eigenvalue weighted by atomic mass is 16.5. The highest BCUT2D eigenvalue weighted by Crippen LogP contribution is 2.34. The van der Waals surface area contributed by atoms with Crippen molar-refractivity contribution in [3.63, 3.8) is 0 Å². The lowest BCUT2D eigenvalue weighted by molar-refractivity contribution is 0.155. The standard InChI is InChI=1S/C23H28N2O3/c1-15-5-7-19-17(11-15)18-13-24(2)10-9-20(18)25(19)14-21(26)16-6-8-22(27-3)23(12-16)28-4/h5-8,11-12,21,26H,9-10,13-14H2,1-4H3. The summed E-state index contributed by atoms with van der Waals surface area (Å²) in [6.45, 7) is 4.64. The average Bonchev–Trinajstić information content (AvgIpc) is 2.99. The van der Waals surface area contributed by atoms with Crippen molar-refractivity contribution in [3.8, 4) is 11.5 Å². The first-order chi connectivity index (χ1) is 13.5. The SMILES string of the molecule is COc1ccc(C(O)Cn2c3c(c4cc(C)ccc42)CN(C)CC3)cc1OC. The normalized spacial score (nSPS) is 15.5. The second-order valence-corrected chi connectivity index (χ2v) is 7.67. The lowest BCUT2D eigenvalue weighted by atomic mass is 10.0. The quantitative estimate of drug-likeness (QED) is 0.733. The molecule has 3 aromatic rings. The van der Waals surface area contributed by atoms with E-state index in [0.717, 1.165) is 25.1 Å². The Morgan fingerprint density at radius 3 is 2.61 bits per heavy atom. The van der Waals surface area contributed by atoms with Crippen LogP contribution < -0.4 is 9.47 Å². The maximum absolute atomic E-state index is 11.0. The maximum Gasteiger partial charge on any atom is 0.161 e. The molecule has 1 N–H and O–H groups in total. The van der Waals surface area contributed by atoms with Crippen LogP contribution in [0.5, 0.6) is 11.5 Å². The zero-order valence-electron chi connectivity index (χ0n) is 17.0. The molecule has 1 atom stereocenters. The Morgan fingerprint density at radius 1 is 1.07 bits per heavy atom. The number of hydrogen-bond donors (Lipinski definition) is 1. The van der Waals surface area contributed by atoms with E-state index in [1.807, 2.05) is 18.2 Å². The van der Waals surface area contributed by atoms with Crippen molar-refractivity contribution in [2.45, 2.75) is 32.5 Å². The molecule has 1 aliphatic rings. The molecule has 5 heteroatoms. The van der Waals surface area contributed by atoms with Crippen LogP contribution in [0.3, 0.4) is 0 Å². The van der Waals surface area contributed by atoms with E-state index in [-0.39, 0.29) is 0 Å². The molecule has 1 unspecified atom stereocenters. The highest BCUT2D eigenvalue weighted by molar-refractivity contribution is 5.86. The molecule has 0 spiro atoms. The van der Waals surface area contributed by atoms with Gasteiger partial charge >= 0.3 is 0 Å². The molecule has 0 fully saturated rings. The largest absolute Gasteiger partial charge is 0.493 e. The van der Waals surface area contributed by atoms with E-state index >= 15 is 0 Å². The van der Waals surface area contributed by atoms with Crippen molar-refractivity contribution in [1.82, 2.24) is 9.47 Å². The lowest BCUT2D eigenvalue weighted by Gasteiger charge is -2.25. The van der Waals surface area contributed by atoms with Gasteiger partial charge in [-0.3, -0.25) is 0 Å². The van der Waals surface area contributed by atoms with Gasteiger partial charge < -0.3 is 24.0 Å². The van der Waals surface area contributed by atoms with Crippen molar-refractivity contribution in [3.05, 3.63) is 58.8 Å². The summed E-state index contributed by atoms with van der Waals surface area (Å²) in [6, 6.07) is 12.2. The van der Waals surface area contributed by atoms with E-state index < -0.39 is 6.10 Å². The molecule has 0 saturated heterocycles. The van der Waals surface area contributed by atoms with Gasteiger partial charge in [0.25, 0.3) is 0 Å². The van der Waals surface area contributed by atoms with Crippen LogP contribution in [0.1, 0.15) is 28.5 Å². The van der Waals surface area contributed by atoms with Gasteiger partial charge in [-0.1, -0.05) is 17.7 Å². The van der Waals surface area contributed by atoms with E-state index in [9.17, 15) is 5.11 Å². The first-order valence-electron chi connectivity index (χ1n) is 9.71. The van der Waals surface area contributed by atoms with Gasteiger partial charge in [0.2, 0.25) is 0 Å². The van der Waals surface area contributed by atoms with Gasteiger partial charge in [-0.2, -0.15) is 0 Å². The van der Waals surface area contributed by atoms with Crippen molar-refractivity contribution in [1.29, 1.82) is 0 Å². The van der Waals surface area contributed by atoms with Crippen LogP contribution in [-0.2, 0) is 19.5 Å². The van der Waals surface area contributed by atoms with Gasteiger partial charge in [0, 0.05) is 36.1 Å². The van der Waals surface area contributed by atoms with Crippen molar-refractivity contribution >= 4 is 10.9 Å². The lowest BCUT2D eigenvalue weighted by Crippen LogP contribution is -2.27. The fourth-order valence-electron chi connectivity index (χ4n) is 4.25. The summed E-state index contributed by atoms with van der Waals surface area (Å²) in [5.74, 6) is 1.30. The minimum Gasteiger partial charge on any atom is -0.493 e. The molecule has 4 rings (SSSR count). The van der Waals surface area contributed by atoms with Gasteiger partial charge in [-0.15, -0.1) is 0 Å². The van der Waals surface area contributed by atoms with Crippen LogP contribution >= 0.6 is 0 Å². The van der Waals surface area contributed by atoms with Gasteiger partial charge in [-0.05, 0) is 49.4 Å². The summed E-state index contributed by atoms with van der Waals surface area (Å²) in [6.07, 6.45) is 0.374. The number of likely N-dealkylation sites (N-methyl/N-ethyl adjacent to an activating group) is 1. The third-order valence-corrected chi connectivity index (χ3v) is 5.75. The molecule has 0 radical (unpaired) electrons. The van der Waals surface area contributed by atoms with Gasteiger partial charge in [-0.25, -0.2) is 0 Å². The second kappa shape index (κ2) is 7.49. The van der Waals surface area contributed by atoms with E-state index in [0.29, 0.717) is 18.0 Å². The Bertz CT molecular complexity index is 1010. The minimum atomic E-state index is -0.625. The molecule has 0 aliphatic carbocycles. The topological polar surface area (TPSA) is 46.9 Å². The third-order valence-electron chi connectivity index (χ3n) is 5.75. The van der Waals surface area contributed by atoms with Crippen LogP contribution in [0, 0.1) is 6.92 Å². The number of aliphatic hydroxyl groups excluding tert-OH is 1. The molecule has 1 aromatic heterocycles.